The number of nitrogens with zero attached hydrogens (tertiary/aromatic N) is 4. The Morgan fingerprint density at radius 2 is 0.778 bits per heavy atom. The van der Waals surface area contributed by atoms with Crippen LogP contribution < -0.4 is 29.9 Å². The van der Waals surface area contributed by atoms with Gasteiger partial charge in [0.2, 0.25) is 11.8 Å². The van der Waals surface area contributed by atoms with E-state index in [0.29, 0.717) is 24.0 Å². The van der Waals surface area contributed by atoms with Gasteiger partial charge in [-0.3, -0.25) is 19.4 Å². The van der Waals surface area contributed by atoms with E-state index in [1.54, 1.807) is 14.2 Å². The summed E-state index contributed by atoms with van der Waals surface area (Å²) in [4.78, 5) is 56.8. The summed E-state index contributed by atoms with van der Waals surface area (Å²) < 4.78 is 11.2. The Bertz CT molecular complexity index is 2490. The van der Waals surface area contributed by atoms with E-state index in [4.69, 9.17) is 19.7 Å². The maximum atomic E-state index is 13.9. The normalized spacial score (nSPS) is 27.8. The second-order valence-electron chi connectivity index (χ2n) is 25.0. The number of carbonyl (C=O) groups excluding carboxylic acids is 2. The number of anilines is 2. The van der Waals surface area contributed by atoms with Crippen LogP contribution >= 0.6 is 0 Å². The van der Waals surface area contributed by atoms with Crippen molar-refractivity contribution in [3.05, 3.63) is 132 Å². The van der Waals surface area contributed by atoms with Gasteiger partial charge in [-0.15, -0.1) is 0 Å². The van der Waals surface area contributed by atoms with Gasteiger partial charge in [-0.25, -0.2) is 9.59 Å². The van der Waals surface area contributed by atoms with Gasteiger partial charge in [0.15, 0.2) is 0 Å². The summed E-state index contributed by atoms with van der Waals surface area (Å²) >= 11 is 0. The lowest BCUT2D eigenvalue weighted by atomic mass is 9.49. The number of nitrogens with one attached hydrogen (secondary N) is 2. The first kappa shape index (κ1) is 59.2. The molecule has 0 spiro atoms. The first-order chi connectivity index (χ1) is 38.8. The third-order valence-corrected chi connectivity index (χ3v) is 19.3. The van der Waals surface area contributed by atoms with E-state index in [0.717, 1.165) is 164 Å². The van der Waals surface area contributed by atoms with Crippen LogP contribution in [-0.4, -0.2) is 141 Å². The summed E-state index contributed by atoms with van der Waals surface area (Å²) in [5, 5.41) is 22.9. The van der Waals surface area contributed by atoms with E-state index < -0.39 is 11.9 Å². The highest BCUT2D eigenvalue weighted by Crippen LogP contribution is 2.61. The smallest absolute Gasteiger partial charge is 0.328 e. The topological polar surface area (TPSA) is 196 Å². The van der Waals surface area contributed by atoms with Gasteiger partial charge in [0.25, 0.3) is 0 Å². The lowest BCUT2D eigenvalue weighted by molar-refractivity contribution is -0.147. The number of para-hydroxylation sites is 4. The summed E-state index contributed by atoms with van der Waals surface area (Å²) in [6, 6.07) is 38.3. The molecule has 4 aromatic carbocycles. The third-order valence-electron chi connectivity index (χ3n) is 19.3. The zero-order valence-electron chi connectivity index (χ0n) is 47.8. The van der Waals surface area contributed by atoms with Crippen molar-refractivity contribution in [1.82, 2.24) is 20.4 Å². The van der Waals surface area contributed by atoms with Crippen molar-refractivity contribution in [1.29, 1.82) is 0 Å². The highest BCUT2D eigenvalue weighted by atomic mass is 16.5. The Morgan fingerprint density at radius 1 is 0.481 bits per heavy atom. The monoisotopic (exact) mass is 1110 g/mol. The van der Waals surface area contributed by atoms with Crippen LogP contribution in [0.15, 0.2) is 121 Å². The van der Waals surface area contributed by atoms with Crippen LogP contribution in [0.4, 0.5) is 11.4 Å². The van der Waals surface area contributed by atoms with Crippen molar-refractivity contribution in [2.75, 3.05) is 89.5 Å². The molecule has 0 radical (unpaired) electrons. The van der Waals surface area contributed by atoms with Crippen LogP contribution in [0.25, 0.3) is 0 Å². The average Bonchev–Trinajstić information content (AvgIpc) is 3.51. The van der Waals surface area contributed by atoms with Crippen LogP contribution in [0.5, 0.6) is 11.5 Å². The molecule has 14 rings (SSSR count). The fourth-order valence-corrected chi connectivity index (χ4v) is 16.5. The minimum Gasteiger partial charge on any atom is -0.495 e. The van der Waals surface area contributed by atoms with Crippen LogP contribution in [0.2, 0.25) is 0 Å². The van der Waals surface area contributed by atoms with Crippen molar-refractivity contribution >= 4 is 35.1 Å². The number of hydrogen-bond donors (Lipinski definition) is 4. The van der Waals surface area contributed by atoms with E-state index >= 15 is 0 Å². The number of aliphatic carboxylic acids is 2. The Balaban J connectivity index is 0.000000171. The van der Waals surface area contributed by atoms with Gasteiger partial charge in [-0.05, 0) is 161 Å². The molecule has 4 aromatic rings. The predicted octanol–water partition coefficient (Wildman–Crippen LogP) is 8.41. The molecule has 0 unspecified atom stereocenters. The zero-order chi connectivity index (χ0) is 55.6. The van der Waals surface area contributed by atoms with E-state index in [2.05, 4.69) is 115 Å². The standard InChI is InChI=1S/2C31H41N3O2.C4H4O4.H2O/c2*1-36-29-10-6-5-9-28(29)34-13-11-33(12-14-34)22-27(18-23-7-3-2-4-8-23)32-30(35)31-19-24-15-25(20-31)17-26(16-24)21-31;5-3(6)1-2-4(7)8;/h2*2-10,24-27H,11-22H2,1H3,(H,32,35);1-2H,(H,5,6)(H,7,8);1H2/b;;2-1+;/t2*24?,25?,26?,27-,31?;;/m11../s1. The molecule has 10 fully saturated rings. The molecule has 15 nitrogen and oxygen atoms in total. The number of carboxylic acids is 2. The van der Waals surface area contributed by atoms with E-state index in [-0.39, 0.29) is 28.4 Å². The van der Waals surface area contributed by atoms with Crippen LogP contribution in [0.3, 0.4) is 0 Å². The summed E-state index contributed by atoms with van der Waals surface area (Å²) in [6.45, 7) is 9.70. The van der Waals surface area contributed by atoms with E-state index in [1.807, 2.05) is 24.3 Å². The molecule has 2 aliphatic heterocycles. The molecule has 10 aliphatic rings. The van der Waals surface area contributed by atoms with Crippen molar-refractivity contribution in [2.45, 2.75) is 102 Å². The fourth-order valence-electron chi connectivity index (χ4n) is 16.5. The number of hydrogen-bond acceptors (Lipinski definition) is 10. The largest absolute Gasteiger partial charge is 0.495 e. The van der Waals surface area contributed by atoms with Crippen molar-refractivity contribution < 1.29 is 44.3 Å². The minimum absolute atomic E-state index is 0. The Hall–Kier alpha value is -6.42. The molecule has 8 bridgehead atoms. The number of benzene rings is 4. The molecular formula is C66H88N6O9. The molecule has 15 heteroatoms. The van der Waals surface area contributed by atoms with E-state index in [9.17, 15) is 19.2 Å². The first-order valence-corrected chi connectivity index (χ1v) is 29.9. The average molecular weight is 1110 g/mol. The molecule has 2 amide bonds. The Labute approximate surface area is 479 Å². The number of piperazine rings is 2. The Morgan fingerprint density at radius 3 is 1.07 bits per heavy atom. The van der Waals surface area contributed by atoms with Crippen molar-refractivity contribution in [3.63, 3.8) is 0 Å². The quantitative estimate of drug-likeness (QED) is 0.0696. The number of carbonyl (C=O) groups is 4. The lowest BCUT2D eigenvalue weighted by Crippen LogP contribution is -2.58. The predicted molar refractivity (Wildman–Crippen MR) is 317 cm³/mol. The third kappa shape index (κ3) is 15.0. The summed E-state index contributed by atoms with van der Waals surface area (Å²) in [5.74, 6) is 4.82. The van der Waals surface area contributed by atoms with Gasteiger partial charge in [0, 0.05) is 101 Å². The molecule has 81 heavy (non-hydrogen) atoms. The number of ether oxygens (including phenoxy) is 2. The van der Waals surface area contributed by atoms with Crippen molar-refractivity contribution in [2.24, 2.45) is 46.3 Å². The highest BCUT2D eigenvalue weighted by molar-refractivity contribution is 5.89. The van der Waals surface area contributed by atoms with Gasteiger partial charge in [0.1, 0.15) is 11.5 Å². The van der Waals surface area contributed by atoms with Gasteiger partial charge in [-0.1, -0.05) is 84.9 Å². The summed E-state index contributed by atoms with van der Waals surface area (Å²) in [5.41, 5.74) is 4.78. The zero-order valence-corrected chi connectivity index (χ0v) is 47.8. The van der Waals surface area contributed by atoms with Crippen LogP contribution in [0.1, 0.15) is 88.2 Å². The lowest BCUT2D eigenvalue weighted by Gasteiger charge is -2.56. The van der Waals surface area contributed by atoms with Gasteiger partial charge in [0.05, 0.1) is 25.6 Å². The molecular weight excluding hydrogens is 1020 g/mol. The maximum absolute atomic E-state index is 13.9. The molecule has 6 N–H and O–H groups in total. The SMILES string of the molecule is COc1ccccc1N1CCN(C[C@@H](Cc2ccccc2)NC(=O)C23CC4CC(CC(C4)C2)C3)CC1.COc1ccccc1N1CCN(C[C@@H](Cc2ccccc2)NC(=O)C23CC4CC(CC(C4)C2)C3)CC1.O.O=C(O)/C=C/C(=O)O. The first-order valence-electron chi connectivity index (χ1n) is 29.9. The summed E-state index contributed by atoms with van der Waals surface area (Å²) in [6.07, 6.45) is 17.9. The fraction of sp³-hybridized carbons (Fsp3) is 0.545. The molecule has 2 saturated heterocycles. The minimum atomic E-state index is -1.26. The maximum Gasteiger partial charge on any atom is 0.328 e. The molecule has 8 saturated carbocycles. The number of rotatable bonds is 18. The van der Waals surface area contributed by atoms with Gasteiger partial charge in [-0.2, -0.15) is 0 Å². The Kier molecular flexibility index (Phi) is 19.8. The number of amides is 2. The number of methoxy groups -OCH3 is 2. The molecule has 0 aromatic heterocycles. The van der Waals surface area contributed by atoms with Gasteiger partial charge < -0.3 is 45.6 Å². The highest BCUT2D eigenvalue weighted by Gasteiger charge is 2.56. The second kappa shape index (κ2) is 27.1. The number of carboxylic acid groups (broad SMARTS) is 2. The van der Waals surface area contributed by atoms with Crippen LogP contribution in [0, 0.1) is 46.3 Å². The van der Waals surface area contributed by atoms with Gasteiger partial charge >= 0.3 is 11.9 Å². The molecule has 2 heterocycles. The van der Waals surface area contributed by atoms with Crippen LogP contribution in [-0.2, 0) is 32.0 Å². The van der Waals surface area contributed by atoms with E-state index in [1.165, 1.54) is 61.0 Å². The summed E-state index contributed by atoms with van der Waals surface area (Å²) in [7, 11) is 3.49. The van der Waals surface area contributed by atoms with Crippen molar-refractivity contribution in [3.8, 4) is 11.5 Å². The molecule has 2 atom stereocenters. The molecule has 8 aliphatic carbocycles. The molecule has 436 valence electrons. The second-order valence-corrected chi connectivity index (χ2v) is 25.0.